The summed E-state index contributed by atoms with van der Waals surface area (Å²) < 4.78 is 11.9. The van der Waals surface area contributed by atoms with Crippen LogP contribution in [0.2, 0.25) is 0 Å². The number of nitrogens with zero attached hydrogens (tertiary/aromatic N) is 2. The number of cyclic esters (lactones) is 1. The predicted octanol–water partition coefficient (Wildman–Crippen LogP) is 2.83. The van der Waals surface area contributed by atoms with Crippen molar-refractivity contribution < 1.29 is 19.1 Å². The molecule has 0 aliphatic carbocycles. The van der Waals surface area contributed by atoms with E-state index in [-0.39, 0.29) is 18.2 Å². The van der Waals surface area contributed by atoms with Crippen LogP contribution in [0.3, 0.4) is 0 Å². The lowest BCUT2D eigenvalue weighted by molar-refractivity contribution is -0.143. The number of benzene rings is 1. The number of aromatic nitrogens is 1. The fourth-order valence-corrected chi connectivity index (χ4v) is 2.83. The van der Waals surface area contributed by atoms with Crippen molar-refractivity contribution in [2.75, 3.05) is 6.61 Å². The highest BCUT2D eigenvalue weighted by Gasteiger charge is 2.22. The molecule has 24 heavy (non-hydrogen) atoms. The normalized spacial score (nSPS) is 15.7. The van der Waals surface area contributed by atoms with Crippen molar-refractivity contribution in [3.63, 3.8) is 0 Å². The maximum atomic E-state index is 11.9. The minimum absolute atomic E-state index is 0.121. The molecule has 1 aromatic heterocycles. The van der Waals surface area contributed by atoms with Gasteiger partial charge in [-0.1, -0.05) is 18.2 Å². The van der Waals surface area contributed by atoms with Crippen molar-refractivity contribution in [2.45, 2.75) is 27.3 Å². The van der Waals surface area contributed by atoms with E-state index in [2.05, 4.69) is 4.99 Å². The summed E-state index contributed by atoms with van der Waals surface area (Å²) in [6.07, 6.45) is 1.71. The van der Waals surface area contributed by atoms with E-state index in [4.69, 9.17) is 9.47 Å². The third-order valence-electron chi connectivity index (χ3n) is 3.88. The van der Waals surface area contributed by atoms with Crippen LogP contribution in [0.25, 0.3) is 17.0 Å². The van der Waals surface area contributed by atoms with Gasteiger partial charge in [0.2, 0.25) is 0 Å². The Kier molecular flexibility index (Phi) is 4.20. The first-order valence-corrected chi connectivity index (χ1v) is 7.74. The Labute approximate surface area is 139 Å². The first-order chi connectivity index (χ1) is 11.5. The second-order valence-corrected chi connectivity index (χ2v) is 5.46. The summed E-state index contributed by atoms with van der Waals surface area (Å²) in [6, 6.07) is 7.71. The highest BCUT2D eigenvalue weighted by atomic mass is 16.6. The zero-order valence-electron chi connectivity index (χ0n) is 13.8. The Hall–Kier alpha value is -2.89. The van der Waals surface area contributed by atoms with Gasteiger partial charge in [0.25, 0.3) is 0 Å². The van der Waals surface area contributed by atoms with E-state index in [1.807, 2.05) is 35.8 Å². The smallest absolute Gasteiger partial charge is 0.363 e. The Bertz CT molecular complexity index is 890. The molecule has 0 bridgehead atoms. The summed E-state index contributed by atoms with van der Waals surface area (Å²) in [5, 5.41) is 0.944. The summed E-state index contributed by atoms with van der Waals surface area (Å²) in [7, 11) is 0. The molecule has 0 saturated heterocycles. The molecular weight excluding hydrogens is 308 g/mol. The minimum atomic E-state index is -0.464. The van der Waals surface area contributed by atoms with E-state index in [1.54, 1.807) is 19.9 Å². The van der Waals surface area contributed by atoms with Gasteiger partial charge in [-0.2, -0.15) is 0 Å². The summed E-state index contributed by atoms with van der Waals surface area (Å²) >= 11 is 0. The summed E-state index contributed by atoms with van der Waals surface area (Å²) in [4.78, 5) is 27.8. The highest BCUT2D eigenvalue weighted by Crippen LogP contribution is 2.29. The first-order valence-electron chi connectivity index (χ1n) is 7.74. The predicted molar refractivity (Wildman–Crippen MR) is 90.5 cm³/mol. The second-order valence-electron chi connectivity index (χ2n) is 5.46. The lowest BCUT2D eigenvalue weighted by Gasteiger charge is -2.07. The molecule has 0 unspecified atom stereocenters. The van der Waals surface area contributed by atoms with E-state index >= 15 is 0 Å². The van der Waals surface area contributed by atoms with Gasteiger partial charge in [-0.15, -0.1) is 0 Å². The lowest BCUT2D eigenvalue weighted by Crippen LogP contribution is -2.14. The largest absolute Gasteiger partial charge is 0.465 e. The van der Waals surface area contributed by atoms with Gasteiger partial charge in [0.15, 0.2) is 11.6 Å². The molecule has 1 aliphatic heterocycles. The zero-order chi connectivity index (χ0) is 17.3. The average Bonchev–Trinajstić information content (AvgIpc) is 2.99. The lowest BCUT2D eigenvalue weighted by atomic mass is 10.1. The van der Waals surface area contributed by atoms with Crippen LogP contribution < -0.4 is 0 Å². The molecule has 124 valence electrons. The number of ether oxygens (including phenoxy) is 2. The number of aliphatic imine (C=N–C) groups is 1. The van der Waals surface area contributed by atoms with Crippen LogP contribution in [0.15, 0.2) is 35.0 Å². The molecule has 0 atom stereocenters. The van der Waals surface area contributed by atoms with E-state index in [9.17, 15) is 9.59 Å². The summed E-state index contributed by atoms with van der Waals surface area (Å²) in [6.45, 7) is 5.78. The average molecular weight is 326 g/mol. The topological polar surface area (TPSA) is 69.9 Å². The Morgan fingerprint density at radius 3 is 2.75 bits per heavy atom. The van der Waals surface area contributed by atoms with Crippen molar-refractivity contribution >= 4 is 34.8 Å². The number of carbonyl (C=O) groups excluding carboxylic acids is 2. The number of para-hydroxylation sites is 1. The Balaban J connectivity index is 2.12. The molecule has 0 spiro atoms. The number of esters is 2. The quantitative estimate of drug-likeness (QED) is 0.640. The molecule has 0 fully saturated rings. The van der Waals surface area contributed by atoms with Crippen molar-refractivity contribution in [3.8, 4) is 0 Å². The molecule has 0 radical (unpaired) electrons. The number of carbonyl (C=O) groups is 2. The summed E-state index contributed by atoms with van der Waals surface area (Å²) in [5.41, 5.74) is 2.88. The standard InChI is InChI=1S/C18H18N2O4/c1-4-23-17(21)10-20-11(2)14(13-7-5-6-8-16(13)20)9-15-18(22)24-12(3)19-15/h5-9H,4,10H2,1-3H3/b15-9+. The molecule has 2 heterocycles. The maximum absolute atomic E-state index is 11.9. The van der Waals surface area contributed by atoms with Crippen molar-refractivity contribution in [3.05, 3.63) is 41.2 Å². The van der Waals surface area contributed by atoms with E-state index in [1.165, 1.54) is 0 Å². The molecular formula is C18H18N2O4. The molecule has 1 aliphatic rings. The molecule has 0 saturated carbocycles. The van der Waals surface area contributed by atoms with Crippen LogP contribution in [0.1, 0.15) is 25.1 Å². The van der Waals surface area contributed by atoms with E-state index in [0.717, 1.165) is 22.2 Å². The molecule has 0 N–H and O–H groups in total. The van der Waals surface area contributed by atoms with Gasteiger partial charge >= 0.3 is 11.9 Å². The zero-order valence-corrected chi connectivity index (χ0v) is 13.8. The van der Waals surface area contributed by atoms with Crippen LogP contribution in [-0.2, 0) is 25.6 Å². The Morgan fingerprint density at radius 2 is 2.08 bits per heavy atom. The fourth-order valence-electron chi connectivity index (χ4n) is 2.83. The van der Waals surface area contributed by atoms with Gasteiger partial charge in [-0.25, -0.2) is 9.79 Å². The van der Waals surface area contributed by atoms with Crippen LogP contribution >= 0.6 is 0 Å². The number of hydrogen-bond donors (Lipinski definition) is 0. The van der Waals surface area contributed by atoms with Gasteiger partial charge in [-0.3, -0.25) is 4.79 Å². The molecule has 3 rings (SSSR count). The van der Waals surface area contributed by atoms with Gasteiger partial charge in [0.1, 0.15) is 6.54 Å². The summed E-state index contributed by atoms with van der Waals surface area (Å²) in [5.74, 6) is -0.428. The minimum Gasteiger partial charge on any atom is -0.465 e. The Morgan fingerprint density at radius 1 is 1.33 bits per heavy atom. The van der Waals surface area contributed by atoms with Crippen LogP contribution in [0.5, 0.6) is 0 Å². The van der Waals surface area contributed by atoms with Gasteiger partial charge < -0.3 is 14.0 Å². The highest BCUT2D eigenvalue weighted by molar-refractivity contribution is 6.08. The monoisotopic (exact) mass is 326 g/mol. The number of rotatable bonds is 4. The van der Waals surface area contributed by atoms with Crippen LogP contribution in [0.4, 0.5) is 0 Å². The van der Waals surface area contributed by atoms with Gasteiger partial charge in [0.05, 0.1) is 6.61 Å². The van der Waals surface area contributed by atoms with Gasteiger partial charge in [0, 0.05) is 29.1 Å². The number of fused-ring (bicyclic) bond motifs is 1. The van der Waals surface area contributed by atoms with Crippen LogP contribution in [-0.4, -0.2) is 29.0 Å². The molecule has 6 nitrogen and oxygen atoms in total. The van der Waals surface area contributed by atoms with E-state index < -0.39 is 5.97 Å². The van der Waals surface area contributed by atoms with Crippen molar-refractivity contribution in [2.24, 2.45) is 4.99 Å². The molecule has 0 amide bonds. The van der Waals surface area contributed by atoms with Crippen molar-refractivity contribution in [1.29, 1.82) is 0 Å². The molecule has 6 heteroatoms. The first kappa shape index (κ1) is 16.0. The number of hydrogen-bond acceptors (Lipinski definition) is 5. The molecule has 1 aromatic carbocycles. The van der Waals surface area contributed by atoms with Crippen LogP contribution in [0, 0.1) is 6.92 Å². The third kappa shape index (κ3) is 2.82. The fraction of sp³-hybridized carbons (Fsp3) is 0.278. The maximum Gasteiger partial charge on any atom is 0.363 e. The van der Waals surface area contributed by atoms with E-state index in [0.29, 0.717) is 12.5 Å². The van der Waals surface area contributed by atoms with Gasteiger partial charge in [-0.05, 0) is 26.0 Å². The third-order valence-corrected chi connectivity index (χ3v) is 3.88. The SMILES string of the molecule is CCOC(=O)Cn1c(C)c(/C=C2/N=C(C)OC2=O)c2ccccc21. The van der Waals surface area contributed by atoms with Crippen molar-refractivity contribution in [1.82, 2.24) is 4.57 Å². The second kappa shape index (κ2) is 6.31. The molecule has 2 aromatic rings.